The van der Waals surface area contributed by atoms with Crippen LogP contribution in [0.2, 0.25) is 0 Å². The number of hydrogen-bond donors (Lipinski definition) is 1. The number of rotatable bonds is 5. The summed E-state index contributed by atoms with van der Waals surface area (Å²) in [4.78, 5) is 45.7. The summed E-state index contributed by atoms with van der Waals surface area (Å²) in [5.74, 6) is -0.803. The molecule has 40 heavy (non-hydrogen) atoms. The summed E-state index contributed by atoms with van der Waals surface area (Å²) in [6.45, 7) is 5.59. The first-order chi connectivity index (χ1) is 19.1. The Kier molecular flexibility index (Phi) is 5.87. The maximum atomic E-state index is 14.8. The third kappa shape index (κ3) is 3.46. The van der Waals surface area contributed by atoms with Gasteiger partial charge >= 0.3 is 0 Å². The van der Waals surface area contributed by atoms with E-state index in [0.717, 1.165) is 16.8 Å². The molecule has 7 nitrogen and oxygen atoms in total. The fraction of sp³-hybridized carbons (Fsp3) is 0.303. The number of amides is 1. The molecule has 3 aromatic carbocycles. The van der Waals surface area contributed by atoms with Crippen LogP contribution >= 0.6 is 0 Å². The van der Waals surface area contributed by atoms with E-state index < -0.39 is 28.8 Å². The minimum atomic E-state index is -1.34. The maximum absolute atomic E-state index is 14.8. The standard InChI is InChI=1S/C33H32N2O5/c1-32(2,3)30(37)28-27(29(36)20-14-16-24(39-4)25(18-20)40-5)33(21-11-7-8-12-22(21)34-31(33)38)26-17-15-19-10-6-9-13-23(19)35(26)28/h6-18,26-28H,1-5H3,(H,34,38)/t26-,27-,28-,33-/m1/s1. The Morgan fingerprint density at radius 3 is 2.35 bits per heavy atom. The summed E-state index contributed by atoms with van der Waals surface area (Å²) in [6, 6.07) is 18.8. The van der Waals surface area contributed by atoms with Crippen molar-refractivity contribution in [2.45, 2.75) is 38.3 Å². The van der Waals surface area contributed by atoms with Crippen LogP contribution in [0.5, 0.6) is 11.5 Å². The van der Waals surface area contributed by atoms with Crippen molar-refractivity contribution in [2.75, 3.05) is 24.4 Å². The van der Waals surface area contributed by atoms with Gasteiger partial charge in [-0.25, -0.2) is 0 Å². The number of ether oxygens (including phenoxy) is 2. The molecule has 1 spiro atoms. The van der Waals surface area contributed by atoms with E-state index in [0.29, 0.717) is 22.7 Å². The SMILES string of the molecule is COc1ccc(C(=O)[C@H]2[C@H](C(=O)C(C)(C)C)N3c4ccccc4C=C[C@@H]3[C@@]23C(=O)Nc2ccccc23)cc1OC. The van der Waals surface area contributed by atoms with E-state index in [1.165, 1.54) is 14.2 Å². The number of ketones is 2. The van der Waals surface area contributed by atoms with Crippen molar-refractivity contribution in [1.29, 1.82) is 0 Å². The first-order valence-electron chi connectivity index (χ1n) is 13.4. The van der Waals surface area contributed by atoms with Crippen LogP contribution in [0.15, 0.2) is 72.8 Å². The fourth-order valence-electron chi connectivity index (χ4n) is 6.73. The molecule has 0 aliphatic carbocycles. The molecule has 6 rings (SSSR count). The molecule has 3 aliphatic heterocycles. The number of benzene rings is 3. The van der Waals surface area contributed by atoms with Crippen molar-refractivity contribution in [3.63, 3.8) is 0 Å². The van der Waals surface area contributed by atoms with Gasteiger partial charge in [0.15, 0.2) is 23.1 Å². The van der Waals surface area contributed by atoms with Crippen LogP contribution in [0.25, 0.3) is 6.08 Å². The molecular formula is C33H32N2O5. The Morgan fingerprint density at radius 2 is 1.62 bits per heavy atom. The highest BCUT2D eigenvalue weighted by Crippen LogP contribution is 2.58. The first kappa shape index (κ1) is 25.9. The number of methoxy groups -OCH3 is 2. The second-order valence-electron chi connectivity index (χ2n) is 11.6. The van der Waals surface area contributed by atoms with E-state index in [4.69, 9.17) is 9.47 Å². The molecule has 0 bridgehead atoms. The summed E-state index contributed by atoms with van der Waals surface area (Å²) < 4.78 is 10.9. The van der Waals surface area contributed by atoms with Crippen molar-refractivity contribution in [1.82, 2.24) is 0 Å². The fourth-order valence-corrected chi connectivity index (χ4v) is 6.73. The zero-order valence-electron chi connectivity index (χ0n) is 23.2. The number of hydrogen-bond acceptors (Lipinski definition) is 6. The lowest BCUT2D eigenvalue weighted by Crippen LogP contribution is -2.51. The molecule has 4 atom stereocenters. The molecule has 1 N–H and O–H groups in total. The van der Waals surface area contributed by atoms with Gasteiger partial charge in [0.1, 0.15) is 11.5 Å². The van der Waals surface area contributed by atoms with Gasteiger partial charge in [0.05, 0.1) is 26.2 Å². The Labute approximate surface area is 233 Å². The zero-order valence-corrected chi connectivity index (χ0v) is 23.2. The summed E-state index contributed by atoms with van der Waals surface area (Å²) in [5, 5.41) is 3.05. The number of carbonyl (C=O) groups excluding carboxylic acids is 3. The van der Waals surface area contributed by atoms with Crippen LogP contribution < -0.4 is 19.7 Å². The van der Waals surface area contributed by atoms with Crippen LogP contribution in [-0.4, -0.2) is 43.8 Å². The molecule has 0 unspecified atom stereocenters. The van der Waals surface area contributed by atoms with E-state index >= 15 is 0 Å². The number of nitrogens with zero attached hydrogens (tertiary/aromatic N) is 1. The monoisotopic (exact) mass is 536 g/mol. The van der Waals surface area contributed by atoms with Crippen LogP contribution in [0.3, 0.4) is 0 Å². The number of nitrogens with one attached hydrogen (secondary N) is 1. The number of carbonyl (C=O) groups is 3. The van der Waals surface area contributed by atoms with Gasteiger partial charge in [0, 0.05) is 22.4 Å². The predicted octanol–water partition coefficient (Wildman–Crippen LogP) is 5.29. The Hall–Kier alpha value is -4.39. The van der Waals surface area contributed by atoms with E-state index in [9.17, 15) is 14.4 Å². The highest BCUT2D eigenvalue weighted by Gasteiger charge is 2.70. The van der Waals surface area contributed by atoms with Crippen LogP contribution in [0.1, 0.15) is 42.3 Å². The van der Waals surface area contributed by atoms with Crippen LogP contribution in [0.4, 0.5) is 11.4 Å². The van der Waals surface area contributed by atoms with E-state index in [1.54, 1.807) is 18.2 Å². The zero-order chi connectivity index (χ0) is 28.4. The normalized spacial score (nSPS) is 24.3. The average molecular weight is 537 g/mol. The highest BCUT2D eigenvalue weighted by atomic mass is 16.5. The van der Waals surface area contributed by atoms with Gasteiger partial charge in [-0.2, -0.15) is 0 Å². The summed E-state index contributed by atoms with van der Waals surface area (Å²) in [6.07, 6.45) is 3.98. The smallest absolute Gasteiger partial charge is 0.238 e. The second-order valence-corrected chi connectivity index (χ2v) is 11.6. The topological polar surface area (TPSA) is 84.9 Å². The second kappa shape index (κ2) is 9.08. The van der Waals surface area contributed by atoms with Crippen molar-refractivity contribution >= 4 is 34.9 Å². The van der Waals surface area contributed by atoms with Gasteiger partial charge in [0.2, 0.25) is 5.91 Å². The molecule has 0 radical (unpaired) electrons. The van der Waals surface area contributed by atoms with Crippen molar-refractivity contribution < 1.29 is 23.9 Å². The number of anilines is 2. The van der Waals surface area contributed by atoms with Gasteiger partial charge in [-0.05, 0) is 41.5 Å². The lowest BCUT2D eigenvalue weighted by Gasteiger charge is -2.38. The number of Topliss-reactive ketones (excluding diaryl/α,β-unsaturated/α-hetero) is 2. The molecule has 3 heterocycles. The quantitative estimate of drug-likeness (QED) is 0.446. The molecule has 0 saturated carbocycles. The summed E-state index contributed by atoms with van der Waals surface area (Å²) in [5.41, 5.74) is 1.39. The molecule has 1 fully saturated rings. The highest BCUT2D eigenvalue weighted by molar-refractivity contribution is 6.17. The van der Waals surface area contributed by atoms with Crippen molar-refractivity contribution in [3.05, 3.63) is 89.5 Å². The largest absolute Gasteiger partial charge is 0.493 e. The van der Waals surface area contributed by atoms with Gasteiger partial charge in [-0.1, -0.05) is 69.3 Å². The van der Waals surface area contributed by atoms with E-state index in [-0.39, 0.29) is 17.5 Å². The molecule has 1 amide bonds. The number of fused-ring (bicyclic) bond motifs is 6. The summed E-state index contributed by atoms with van der Waals surface area (Å²) >= 11 is 0. The van der Waals surface area contributed by atoms with Crippen molar-refractivity contribution in [2.24, 2.45) is 11.3 Å². The third-order valence-corrected chi connectivity index (χ3v) is 8.50. The molecule has 1 saturated heterocycles. The van der Waals surface area contributed by atoms with Gasteiger partial charge in [-0.15, -0.1) is 0 Å². The molecule has 0 aromatic heterocycles. The first-order valence-corrected chi connectivity index (χ1v) is 13.4. The lowest BCUT2D eigenvalue weighted by atomic mass is 9.63. The minimum Gasteiger partial charge on any atom is -0.493 e. The van der Waals surface area contributed by atoms with Crippen LogP contribution in [0, 0.1) is 11.3 Å². The van der Waals surface area contributed by atoms with Gasteiger partial charge in [-0.3, -0.25) is 14.4 Å². The maximum Gasteiger partial charge on any atom is 0.238 e. The van der Waals surface area contributed by atoms with E-state index in [2.05, 4.69) is 5.32 Å². The molecule has 3 aromatic rings. The van der Waals surface area contributed by atoms with Crippen molar-refractivity contribution in [3.8, 4) is 11.5 Å². The lowest BCUT2D eigenvalue weighted by molar-refractivity contribution is -0.128. The van der Waals surface area contributed by atoms with E-state index in [1.807, 2.05) is 86.4 Å². The number of para-hydroxylation sites is 2. The Balaban J connectivity index is 1.66. The Morgan fingerprint density at radius 1 is 0.925 bits per heavy atom. The molecule has 3 aliphatic rings. The Bertz CT molecular complexity index is 1590. The molecular weight excluding hydrogens is 504 g/mol. The predicted molar refractivity (Wildman–Crippen MR) is 154 cm³/mol. The molecule has 204 valence electrons. The van der Waals surface area contributed by atoms with Gasteiger partial charge < -0.3 is 19.7 Å². The van der Waals surface area contributed by atoms with Crippen LogP contribution in [-0.2, 0) is 15.0 Å². The minimum absolute atomic E-state index is 0.101. The third-order valence-electron chi connectivity index (χ3n) is 8.50. The summed E-state index contributed by atoms with van der Waals surface area (Å²) in [7, 11) is 3.04. The van der Waals surface area contributed by atoms with Gasteiger partial charge in [0.25, 0.3) is 0 Å². The average Bonchev–Trinajstić information content (AvgIpc) is 3.43. The molecule has 7 heteroatoms.